The molecule has 76 valence electrons. The van der Waals surface area contributed by atoms with Crippen molar-refractivity contribution in [2.45, 2.75) is 38.1 Å². The van der Waals surface area contributed by atoms with Crippen LogP contribution in [0.4, 0.5) is 0 Å². The van der Waals surface area contributed by atoms with Gasteiger partial charge >= 0.3 is 0 Å². The van der Waals surface area contributed by atoms with Crippen molar-refractivity contribution in [3.8, 4) is 0 Å². The third-order valence-corrected chi connectivity index (χ3v) is 3.31. The summed E-state index contributed by atoms with van der Waals surface area (Å²) in [4.78, 5) is 4.04. The summed E-state index contributed by atoms with van der Waals surface area (Å²) in [5.74, 6) is 0. The van der Waals surface area contributed by atoms with Crippen LogP contribution in [-0.2, 0) is 6.42 Å². The first-order chi connectivity index (χ1) is 6.61. The number of hydrogen-bond acceptors (Lipinski definition) is 2. The number of aromatic nitrogens is 1. The Morgan fingerprint density at radius 3 is 2.79 bits per heavy atom. The zero-order valence-electron chi connectivity index (χ0n) is 8.39. The van der Waals surface area contributed by atoms with Crippen LogP contribution in [0.3, 0.4) is 0 Å². The molecular weight excluding hydrogens is 196 g/mol. The summed E-state index contributed by atoms with van der Waals surface area (Å²) < 4.78 is 0. The maximum absolute atomic E-state index is 6.08. The standard InChI is InChI=1S/C11H15ClN2/c1-8-6-14-7-10(12)9(8)2-3-11(13)4-5-11/h6-7H,2-5,13H2,1H3. The highest BCUT2D eigenvalue weighted by Crippen LogP contribution is 2.37. The van der Waals surface area contributed by atoms with E-state index < -0.39 is 0 Å². The number of nitrogens with two attached hydrogens (primary N) is 1. The van der Waals surface area contributed by atoms with Crippen molar-refractivity contribution in [3.63, 3.8) is 0 Å². The van der Waals surface area contributed by atoms with Gasteiger partial charge in [-0.05, 0) is 43.7 Å². The van der Waals surface area contributed by atoms with Gasteiger partial charge in [-0.3, -0.25) is 4.98 Å². The lowest BCUT2D eigenvalue weighted by atomic mass is 10.0. The van der Waals surface area contributed by atoms with Gasteiger partial charge in [0.05, 0.1) is 5.02 Å². The molecule has 1 heterocycles. The van der Waals surface area contributed by atoms with E-state index in [0.717, 1.165) is 30.7 Å². The van der Waals surface area contributed by atoms with Crippen LogP contribution in [-0.4, -0.2) is 10.5 Å². The Bertz CT molecular complexity index is 325. The highest BCUT2D eigenvalue weighted by Gasteiger charge is 2.37. The monoisotopic (exact) mass is 210 g/mol. The molecule has 0 bridgehead atoms. The van der Waals surface area contributed by atoms with Crippen molar-refractivity contribution in [2.24, 2.45) is 5.73 Å². The minimum atomic E-state index is 0.110. The summed E-state index contributed by atoms with van der Waals surface area (Å²) in [7, 11) is 0. The van der Waals surface area contributed by atoms with E-state index in [2.05, 4.69) is 4.98 Å². The summed E-state index contributed by atoms with van der Waals surface area (Å²) in [5, 5.41) is 0.772. The molecule has 1 aromatic heterocycles. The molecule has 1 aliphatic rings. The van der Waals surface area contributed by atoms with E-state index in [1.54, 1.807) is 6.20 Å². The topological polar surface area (TPSA) is 38.9 Å². The molecule has 2 rings (SSSR count). The van der Waals surface area contributed by atoms with Gasteiger partial charge in [0, 0.05) is 17.9 Å². The molecule has 0 radical (unpaired) electrons. The lowest BCUT2D eigenvalue weighted by molar-refractivity contribution is 0.608. The van der Waals surface area contributed by atoms with Crippen molar-refractivity contribution >= 4 is 11.6 Å². The second-order valence-corrected chi connectivity index (χ2v) is 4.69. The van der Waals surface area contributed by atoms with Crippen molar-refractivity contribution in [2.75, 3.05) is 0 Å². The van der Waals surface area contributed by atoms with Gasteiger partial charge in [0.15, 0.2) is 0 Å². The first-order valence-corrected chi connectivity index (χ1v) is 5.36. The molecule has 1 fully saturated rings. The number of nitrogens with zero attached hydrogens (tertiary/aromatic N) is 1. The number of aryl methyl sites for hydroxylation is 1. The van der Waals surface area contributed by atoms with Gasteiger partial charge in [-0.15, -0.1) is 0 Å². The molecule has 0 saturated heterocycles. The maximum Gasteiger partial charge on any atom is 0.0623 e. The van der Waals surface area contributed by atoms with Crippen LogP contribution in [0.1, 0.15) is 30.4 Å². The Morgan fingerprint density at radius 1 is 1.50 bits per heavy atom. The highest BCUT2D eigenvalue weighted by atomic mass is 35.5. The molecule has 2 nitrogen and oxygen atoms in total. The maximum atomic E-state index is 6.08. The molecule has 1 aromatic rings. The van der Waals surface area contributed by atoms with Crippen LogP contribution in [0.5, 0.6) is 0 Å². The fourth-order valence-corrected chi connectivity index (χ4v) is 1.96. The Morgan fingerprint density at radius 2 is 2.21 bits per heavy atom. The van der Waals surface area contributed by atoms with Gasteiger partial charge in [0.1, 0.15) is 0 Å². The second kappa shape index (κ2) is 3.52. The quantitative estimate of drug-likeness (QED) is 0.833. The van der Waals surface area contributed by atoms with E-state index in [1.807, 2.05) is 13.1 Å². The average molecular weight is 211 g/mol. The third kappa shape index (κ3) is 2.07. The molecule has 0 spiro atoms. The molecule has 0 aromatic carbocycles. The summed E-state index contributed by atoms with van der Waals surface area (Å²) in [6, 6.07) is 0. The zero-order valence-corrected chi connectivity index (χ0v) is 9.14. The molecule has 2 N–H and O–H groups in total. The van der Waals surface area contributed by atoms with E-state index in [1.165, 1.54) is 11.1 Å². The number of pyridine rings is 1. The van der Waals surface area contributed by atoms with Gasteiger partial charge < -0.3 is 5.73 Å². The van der Waals surface area contributed by atoms with Gasteiger partial charge in [0.25, 0.3) is 0 Å². The third-order valence-electron chi connectivity index (χ3n) is 2.99. The van der Waals surface area contributed by atoms with Gasteiger partial charge in [-0.1, -0.05) is 11.6 Å². The van der Waals surface area contributed by atoms with Crippen LogP contribution in [0.25, 0.3) is 0 Å². The van der Waals surface area contributed by atoms with Gasteiger partial charge in [0.2, 0.25) is 0 Å². The molecule has 0 atom stereocenters. The first-order valence-electron chi connectivity index (χ1n) is 4.99. The Balaban J connectivity index is 2.08. The van der Waals surface area contributed by atoms with E-state index in [-0.39, 0.29) is 5.54 Å². The molecular formula is C11H15ClN2. The van der Waals surface area contributed by atoms with E-state index >= 15 is 0 Å². The molecule has 1 saturated carbocycles. The molecule has 3 heteroatoms. The Labute approximate surface area is 89.5 Å². The van der Waals surface area contributed by atoms with Crippen LogP contribution >= 0.6 is 11.6 Å². The number of hydrogen-bond donors (Lipinski definition) is 1. The van der Waals surface area contributed by atoms with Crippen molar-refractivity contribution < 1.29 is 0 Å². The molecule has 1 aliphatic carbocycles. The predicted molar refractivity (Wildman–Crippen MR) is 58.5 cm³/mol. The fraction of sp³-hybridized carbons (Fsp3) is 0.545. The summed E-state index contributed by atoms with van der Waals surface area (Å²) in [6.45, 7) is 2.05. The van der Waals surface area contributed by atoms with Gasteiger partial charge in [-0.25, -0.2) is 0 Å². The Hall–Kier alpha value is -0.600. The van der Waals surface area contributed by atoms with Crippen molar-refractivity contribution in [1.29, 1.82) is 0 Å². The summed E-state index contributed by atoms with van der Waals surface area (Å²) in [6.07, 6.45) is 7.90. The molecule has 0 unspecified atom stereocenters. The molecule has 14 heavy (non-hydrogen) atoms. The molecule has 0 aliphatic heterocycles. The van der Waals surface area contributed by atoms with E-state index in [9.17, 15) is 0 Å². The van der Waals surface area contributed by atoms with Crippen LogP contribution in [0, 0.1) is 6.92 Å². The van der Waals surface area contributed by atoms with E-state index in [4.69, 9.17) is 17.3 Å². The highest BCUT2D eigenvalue weighted by molar-refractivity contribution is 6.31. The Kier molecular flexibility index (Phi) is 2.50. The number of rotatable bonds is 3. The normalized spacial score (nSPS) is 18.2. The van der Waals surface area contributed by atoms with Crippen LogP contribution in [0.2, 0.25) is 5.02 Å². The summed E-state index contributed by atoms with van der Waals surface area (Å²) >= 11 is 6.08. The second-order valence-electron chi connectivity index (χ2n) is 4.28. The summed E-state index contributed by atoms with van der Waals surface area (Å²) in [5.41, 5.74) is 8.52. The lowest BCUT2D eigenvalue weighted by Gasteiger charge is -2.11. The minimum absolute atomic E-state index is 0.110. The average Bonchev–Trinajstić information content (AvgIpc) is 2.83. The molecule has 0 amide bonds. The number of halogens is 1. The SMILES string of the molecule is Cc1cncc(Cl)c1CCC1(N)CC1. The minimum Gasteiger partial charge on any atom is -0.325 e. The lowest BCUT2D eigenvalue weighted by Crippen LogP contribution is -2.22. The van der Waals surface area contributed by atoms with Crippen molar-refractivity contribution in [1.82, 2.24) is 4.98 Å². The van der Waals surface area contributed by atoms with Gasteiger partial charge in [-0.2, -0.15) is 0 Å². The van der Waals surface area contributed by atoms with Crippen LogP contribution in [0.15, 0.2) is 12.4 Å². The van der Waals surface area contributed by atoms with Crippen molar-refractivity contribution in [3.05, 3.63) is 28.5 Å². The fourth-order valence-electron chi connectivity index (χ4n) is 1.66. The largest absolute Gasteiger partial charge is 0.325 e. The first kappa shape index (κ1) is 9.94. The van der Waals surface area contributed by atoms with Crippen LogP contribution < -0.4 is 5.73 Å². The van der Waals surface area contributed by atoms with E-state index in [0.29, 0.717) is 0 Å². The zero-order chi connectivity index (χ0) is 10.2. The predicted octanol–water partition coefficient (Wildman–Crippen LogP) is 2.47. The smallest absolute Gasteiger partial charge is 0.0623 e.